The Morgan fingerprint density at radius 1 is 1.04 bits per heavy atom. The van der Waals surface area contributed by atoms with Gasteiger partial charge in [-0.05, 0) is 43.2 Å². The first-order valence-electron chi connectivity index (χ1n) is 7.98. The summed E-state index contributed by atoms with van der Waals surface area (Å²) >= 11 is 1.32. The second-order valence-corrected chi connectivity index (χ2v) is 9.44. The molecule has 3 rings (SSSR count). The van der Waals surface area contributed by atoms with E-state index in [4.69, 9.17) is 0 Å². The summed E-state index contributed by atoms with van der Waals surface area (Å²) in [6.07, 6.45) is 0.844. The summed E-state index contributed by atoms with van der Waals surface area (Å²) in [5.74, 6) is -0.221. The first-order valence-corrected chi connectivity index (χ1v) is 10.2. The van der Waals surface area contributed by atoms with Crippen LogP contribution < -0.4 is 0 Å². The van der Waals surface area contributed by atoms with Gasteiger partial charge in [0, 0.05) is 37.6 Å². The topological polar surface area (TPSA) is 40.6 Å². The molecule has 7 heteroatoms. The summed E-state index contributed by atoms with van der Waals surface area (Å²) in [5.41, 5.74) is 1.10. The molecule has 0 amide bonds. The van der Waals surface area contributed by atoms with Crippen LogP contribution >= 0.6 is 11.3 Å². The maximum atomic E-state index is 12.9. The lowest BCUT2D eigenvalue weighted by molar-refractivity contribution is 0.190. The predicted octanol–water partition coefficient (Wildman–Crippen LogP) is 2.74. The van der Waals surface area contributed by atoms with E-state index in [1.807, 2.05) is 13.0 Å². The van der Waals surface area contributed by atoms with Gasteiger partial charge < -0.3 is 4.90 Å². The molecule has 0 aliphatic carbocycles. The number of benzene rings is 1. The van der Waals surface area contributed by atoms with Crippen molar-refractivity contribution in [3.63, 3.8) is 0 Å². The minimum Gasteiger partial charge on any atom is -0.300 e. The van der Waals surface area contributed by atoms with E-state index in [0.717, 1.165) is 36.5 Å². The van der Waals surface area contributed by atoms with Crippen LogP contribution in [0.5, 0.6) is 0 Å². The van der Waals surface area contributed by atoms with Gasteiger partial charge in [0.25, 0.3) is 10.0 Å². The third-order valence-electron chi connectivity index (χ3n) is 4.27. The summed E-state index contributed by atoms with van der Waals surface area (Å²) in [6.45, 7) is 5.26. The molecule has 4 nitrogen and oxygen atoms in total. The van der Waals surface area contributed by atoms with E-state index in [0.29, 0.717) is 17.3 Å². The van der Waals surface area contributed by atoms with Crippen LogP contribution in [0.3, 0.4) is 0 Å². The van der Waals surface area contributed by atoms with Crippen molar-refractivity contribution in [2.24, 2.45) is 0 Å². The SMILES string of the molecule is Cc1ccc(S(=O)(=O)N2CCN(CCc3ccc(F)cc3)CC2)s1. The molecule has 1 aliphatic rings. The van der Waals surface area contributed by atoms with E-state index in [1.165, 1.54) is 23.5 Å². The number of rotatable bonds is 5. The molecule has 0 unspecified atom stereocenters. The van der Waals surface area contributed by atoms with Crippen LogP contribution in [0.1, 0.15) is 10.4 Å². The van der Waals surface area contributed by atoms with Gasteiger partial charge in [-0.2, -0.15) is 4.31 Å². The molecule has 1 aliphatic heterocycles. The summed E-state index contributed by atoms with van der Waals surface area (Å²) < 4.78 is 40.1. The molecule has 24 heavy (non-hydrogen) atoms. The molecule has 1 fully saturated rings. The van der Waals surface area contributed by atoms with Gasteiger partial charge in [0.05, 0.1) is 0 Å². The molecule has 2 heterocycles. The lowest BCUT2D eigenvalue weighted by Crippen LogP contribution is -2.48. The number of piperazine rings is 1. The van der Waals surface area contributed by atoms with E-state index in [2.05, 4.69) is 4.90 Å². The van der Waals surface area contributed by atoms with Gasteiger partial charge >= 0.3 is 0 Å². The van der Waals surface area contributed by atoms with Gasteiger partial charge in [-0.15, -0.1) is 11.3 Å². The fourth-order valence-electron chi connectivity index (χ4n) is 2.81. The minimum absolute atomic E-state index is 0.221. The first-order chi connectivity index (χ1) is 11.4. The van der Waals surface area contributed by atoms with Crippen LogP contribution in [-0.2, 0) is 16.4 Å². The Bertz CT molecular complexity index is 779. The molecule has 1 saturated heterocycles. The highest BCUT2D eigenvalue weighted by Gasteiger charge is 2.29. The largest absolute Gasteiger partial charge is 0.300 e. The van der Waals surface area contributed by atoms with Crippen molar-refractivity contribution in [3.8, 4) is 0 Å². The molecular formula is C17H21FN2O2S2. The van der Waals surface area contributed by atoms with Crippen LogP contribution in [0.15, 0.2) is 40.6 Å². The minimum atomic E-state index is -3.35. The van der Waals surface area contributed by atoms with Crippen molar-refractivity contribution >= 4 is 21.4 Å². The molecule has 0 saturated carbocycles. The highest BCUT2D eigenvalue weighted by molar-refractivity contribution is 7.91. The Hall–Kier alpha value is -1.28. The Morgan fingerprint density at radius 3 is 2.29 bits per heavy atom. The van der Waals surface area contributed by atoms with Crippen LogP contribution in [0, 0.1) is 12.7 Å². The van der Waals surface area contributed by atoms with Gasteiger partial charge in [-0.25, -0.2) is 12.8 Å². The Balaban J connectivity index is 1.53. The number of thiophene rings is 1. The lowest BCUT2D eigenvalue weighted by Gasteiger charge is -2.33. The number of hydrogen-bond acceptors (Lipinski definition) is 4. The van der Waals surface area contributed by atoms with Gasteiger partial charge in [0.15, 0.2) is 0 Å². The van der Waals surface area contributed by atoms with Crippen LogP contribution in [0.4, 0.5) is 4.39 Å². The van der Waals surface area contributed by atoms with Gasteiger partial charge in [-0.1, -0.05) is 12.1 Å². The quantitative estimate of drug-likeness (QED) is 0.815. The fourth-order valence-corrected chi connectivity index (χ4v) is 5.67. The second-order valence-electron chi connectivity index (χ2n) is 5.99. The van der Waals surface area contributed by atoms with E-state index in [-0.39, 0.29) is 5.82 Å². The van der Waals surface area contributed by atoms with Crippen molar-refractivity contribution in [2.75, 3.05) is 32.7 Å². The Labute approximate surface area is 146 Å². The molecule has 0 N–H and O–H groups in total. The van der Waals surface area contributed by atoms with E-state index < -0.39 is 10.0 Å². The molecule has 1 aromatic heterocycles. The third-order valence-corrected chi connectivity index (χ3v) is 7.64. The summed E-state index contributed by atoms with van der Waals surface area (Å²) in [7, 11) is -3.35. The zero-order valence-corrected chi connectivity index (χ0v) is 15.2. The smallest absolute Gasteiger partial charge is 0.252 e. The van der Waals surface area contributed by atoms with Crippen molar-refractivity contribution < 1.29 is 12.8 Å². The summed E-state index contributed by atoms with van der Waals surface area (Å²) in [5, 5.41) is 0. The summed E-state index contributed by atoms with van der Waals surface area (Å²) in [4.78, 5) is 3.27. The lowest BCUT2D eigenvalue weighted by atomic mass is 10.1. The third kappa shape index (κ3) is 4.03. The molecule has 0 radical (unpaired) electrons. The van der Waals surface area contributed by atoms with E-state index in [1.54, 1.807) is 22.5 Å². The molecule has 1 aromatic carbocycles. The molecule has 0 atom stereocenters. The zero-order chi connectivity index (χ0) is 17.2. The normalized spacial score (nSPS) is 17.2. The Kier molecular flexibility index (Phi) is 5.34. The number of hydrogen-bond donors (Lipinski definition) is 0. The monoisotopic (exact) mass is 368 g/mol. The molecule has 0 bridgehead atoms. The standard InChI is InChI=1S/C17H21FN2O2S2/c1-14-2-7-17(23-14)24(21,22)20-12-10-19(11-13-20)9-8-15-3-5-16(18)6-4-15/h2-7H,8-13H2,1H3. The number of nitrogens with zero attached hydrogens (tertiary/aromatic N) is 2. The summed E-state index contributed by atoms with van der Waals surface area (Å²) in [6, 6.07) is 10.1. The van der Waals surface area contributed by atoms with Crippen LogP contribution in [0.25, 0.3) is 0 Å². The van der Waals surface area contributed by atoms with Crippen LogP contribution in [0.2, 0.25) is 0 Å². The molecule has 2 aromatic rings. The second kappa shape index (κ2) is 7.31. The predicted molar refractivity (Wildman–Crippen MR) is 94.4 cm³/mol. The number of aryl methyl sites for hydroxylation is 1. The van der Waals surface area contributed by atoms with Crippen molar-refractivity contribution in [1.82, 2.24) is 9.21 Å². The zero-order valence-electron chi connectivity index (χ0n) is 13.6. The molecular weight excluding hydrogens is 347 g/mol. The van der Waals surface area contributed by atoms with Gasteiger partial charge in [0.2, 0.25) is 0 Å². The van der Waals surface area contributed by atoms with E-state index in [9.17, 15) is 12.8 Å². The average Bonchev–Trinajstić information content (AvgIpc) is 3.02. The molecule has 0 spiro atoms. The van der Waals surface area contributed by atoms with Crippen LogP contribution in [-0.4, -0.2) is 50.3 Å². The van der Waals surface area contributed by atoms with Gasteiger partial charge in [-0.3, -0.25) is 0 Å². The highest BCUT2D eigenvalue weighted by atomic mass is 32.2. The maximum Gasteiger partial charge on any atom is 0.252 e. The van der Waals surface area contributed by atoms with Crippen molar-refractivity contribution in [3.05, 3.63) is 52.7 Å². The Morgan fingerprint density at radius 2 is 1.71 bits per heavy atom. The average molecular weight is 368 g/mol. The number of halogens is 1. The molecule has 130 valence electrons. The first kappa shape index (κ1) is 17.5. The fraction of sp³-hybridized carbons (Fsp3) is 0.412. The number of sulfonamides is 1. The van der Waals surface area contributed by atoms with Crippen molar-refractivity contribution in [2.45, 2.75) is 17.6 Å². The van der Waals surface area contributed by atoms with Gasteiger partial charge in [0.1, 0.15) is 10.0 Å². The highest BCUT2D eigenvalue weighted by Crippen LogP contribution is 2.25. The van der Waals surface area contributed by atoms with Crippen molar-refractivity contribution in [1.29, 1.82) is 0 Å². The van der Waals surface area contributed by atoms with E-state index >= 15 is 0 Å². The maximum absolute atomic E-state index is 12.9.